The molecule has 0 amide bonds. The summed E-state index contributed by atoms with van der Waals surface area (Å²) in [5, 5.41) is 3.41. The Morgan fingerprint density at radius 1 is 1.50 bits per heavy atom. The molecule has 1 rings (SSSR count). The molecule has 16 heavy (non-hydrogen) atoms. The van der Waals surface area contributed by atoms with Crippen molar-refractivity contribution in [1.29, 1.82) is 0 Å². The molecule has 2 heteroatoms. The van der Waals surface area contributed by atoms with Gasteiger partial charge in [-0.05, 0) is 32.7 Å². The highest BCUT2D eigenvalue weighted by atomic mass is 15.2. The van der Waals surface area contributed by atoms with Crippen molar-refractivity contribution in [3.8, 4) is 0 Å². The van der Waals surface area contributed by atoms with Crippen molar-refractivity contribution in [2.45, 2.75) is 51.6 Å². The van der Waals surface area contributed by atoms with Crippen LogP contribution in [0, 0.1) is 5.92 Å². The minimum atomic E-state index is 0.621. The van der Waals surface area contributed by atoms with E-state index < -0.39 is 0 Å². The van der Waals surface area contributed by atoms with Crippen LogP contribution in [0.15, 0.2) is 12.7 Å². The lowest BCUT2D eigenvalue weighted by Crippen LogP contribution is -2.45. The van der Waals surface area contributed by atoms with Crippen molar-refractivity contribution in [3.63, 3.8) is 0 Å². The predicted molar refractivity (Wildman–Crippen MR) is 71.7 cm³/mol. The summed E-state index contributed by atoms with van der Waals surface area (Å²) in [5.41, 5.74) is 0. The zero-order chi connectivity index (χ0) is 12.0. The lowest BCUT2D eigenvalue weighted by atomic mass is 9.86. The van der Waals surface area contributed by atoms with E-state index in [2.05, 4.69) is 37.7 Å². The molecule has 0 radical (unpaired) electrons. The third kappa shape index (κ3) is 4.26. The molecule has 0 bridgehead atoms. The van der Waals surface area contributed by atoms with Gasteiger partial charge < -0.3 is 5.32 Å². The van der Waals surface area contributed by atoms with E-state index in [1.54, 1.807) is 0 Å². The van der Waals surface area contributed by atoms with Gasteiger partial charge in [0.2, 0.25) is 0 Å². The van der Waals surface area contributed by atoms with Gasteiger partial charge in [0.1, 0.15) is 0 Å². The van der Waals surface area contributed by atoms with Gasteiger partial charge in [-0.3, -0.25) is 4.90 Å². The average molecular weight is 224 g/mol. The maximum absolute atomic E-state index is 3.73. The standard InChI is InChI=1S/C14H28N2/c1-5-9-15-11-13(3)16(4)14-8-6-7-12(2)10-14/h5,12-15H,1,6-11H2,2-4H3. The zero-order valence-corrected chi connectivity index (χ0v) is 11.2. The summed E-state index contributed by atoms with van der Waals surface area (Å²) in [5.74, 6) is 0.912. The van der Waals surface area contributed by atoms with Crippen LogP contribution >= 0.6 is 0 Å². The van der Waals surface area contributed by atoms with Gasteiger partial charge in [-0.2, -0.15) is 0 Å². The van der Waals surface area contributed by atoms with Crippen LogP contribution in [0.3, 0.4) is 0 Å². The largest absolute Gasteiger partial charge is 0.312 e. The summed E-state index contributed by atoms with van der Waals surface area (Å²) < 4.78 is 0. The maximum Gasteiger partial charge on any atom is 0.0192 e. The number of likely N-dealkylation sites (N-methyl/N-ethyl adjacent to an activating group) is 1. The highest BCUT2D eigenvalue weighted by Gasteiger charge is 2.24. The van der Waals surface area contributed by atoms with E-state index in [4.69, 9.17) is 0 Å². The SMILES string of the molecule is C=CCNCC(C)N(C)C1CCCC(C)C1. The zero-order valence-electron chi connectivity index (χ0n) is 11.2. The van der Waals surface area contributed by atoms with Gasteiger partial charge in [0.15, 0.2) is 0 Å². The van der Waals surface area contributed by atoms with Gasteiger partial charge in [-0.15, -0.1) is 6.58 Å². The molecule has 3 unspecified atom stereocenters. The topological polar surface area (TPSA) is 15.3 Å². The number of hydrogen-bond donors (Lipinski definition) is 1. The Morgan fingerprint density at radius 3 is 2.88 bits per heavy atom. The Labute approximate surface area is 101 Å². The third-order valence-electron chi connectivity index (χ3n) is 3.91. The maximum atomic E-state index is 3.73. The van der Waals surface area contributed by atoms with Crippen molar-refractivity contribution in [3.05, 3.63) is 12.7 Å². The molecule has 0 aromatic carbocycles. The second kappa shape index (κ2) is 7.08. The molecule has 2 nitrogen and oxygen atoms in total. The van der Waals surface area contributed by atoms with Crippen molar-refractivity contribution in [2.24, 2.45) is 5.92 Å². The average Bonchev–Trinajstić information content (AvgIpc) is 2.28. The van der Waals surface area contributed by atoms with Crippen molar-refractivity contribution >= 4 is 0 Å². The Balaban J connectivity index is 2.30. The molecule has 1 aliphatic carbocycles. The van der Waals surface area contributed by atoms with Gasteiger partial charge >= 0.3 is 0 Å². The fraction of sp³-hybridized carbons (Fsp3) is 0.857. The van der Waals surface area contributed by atoms with Crippen LogP contribution in [0.25, 0.3) is 0 Å². The second-order valence-corrected chi connectivity index (χ2v) is 5.39. The van der Waals surface area contributed by atoms with E-state index in [1.807, 2.05) is 6.08 Å². The molecule has 0 aromatic rings. The van der Waals surface area contributed by atoms with E-state index in [1.165, 1.54) is 25.7 Å². The van der Waals surface area contributed by atoms with Gasteiger partial charge in [0.25, 0.3) is 0 Å². The predicted octanol–water partition coefficient (Wildman–Crippen LogP) is 2.66. The number of nitrogens with zero attached hydrogens (tertiary/aromatic N) is 1. The summed E-state index contributed by atoms with van der Waals surface area (Å²) in [7, 11) is 2.28. The van der Waals surface area contributed by atoms with E-state index in [9.17, 15) is 0 Å². The van der Waals surface area contributed by atoms with E-state index >= 15 is 0 Å². The van der Waals surface area contributed by atoms with E-state index in [0.717, 1.165) is 25.0 Å². The van der Waals surface area contributed by atoms with E-state index in [-0.39, 0.29) is 0 Å². The van der Waals surface area contributed by atoms with Gasteiger partial charge in [0.05, 0.1) is 0 Å². The highest BCUT2D eigenvalue weighted by Crippen LogP contribution is 2.27. The van der Waals surface area contributed by atoms with Crippen LogP contribution in [0.2, 0.25) is 0 Å². The van der Waals surface area contributed by atoms with Gasteiger partial charge in [-0.25, -0.2) is 0 Å². The Bertz CT molecular complexity index is 203. The van der Waals surface area contributed by atoms with Gasteiger partial charge in [-0.1, -0.05) is 25.8 Å². The molecule has 0 saturated heterocycles. The minimum Gasteiger partial charge on any atom is -0.312 e. The first-order valence-corrected chi connectivity index (χ1v) is 6.68. The first-order valence-electron chi connectivity index (χ1n) is 6.68. The van der Waals surface area contributed by atoms with Crippen LogP contribution in [-0.4, -0.2) is 37.1 Å². The van der Waals surface area contributed by atoms with Crippen molar-refractivity contribution in [2.75, 3.05) is 20.1 Å². The van der Waals surface area contributed by atoms with E-state index in [0.29, 0.717) is 6.04 Å². The molecule has 0 spiro atoms. The summed E-state index contributed by atoms with van der Waals surface area (Å²) >= 11 is 0. The molecule has 1 fully saturated rings. The Hall–Kier alpha value is -0.340. The first kappa shape index (κ1) is 13.7. The van der Waals surface area contributed by atoms with Crippen LogP contribution in [0.5, 0.6) is 0 Å². The molecule has 94 valence electrons. The van der Waals surface area contributed by atoms with Crippen LogP contribution in [0.4, 0.5) is 0 Å². The van der Waals surface area contributed by atoms with Crippen molar-refractivity contribution in [1.82, 2.24) is 10.2 Å². The third-order valence-corrected chi connectivity index (χ3v) is 3.91. The summed E-state index contributed by atoms with van der Waals surface area (Å²) in [6.07, 6.45) is 7.51. The first-order chi connectivity index (χ1) is 7.65. The van der Waals surface area contributed by atoms with Crippen molar-refractivity contribution < 1.29 is 0 Å². The lowest BCUT2D eigenvalue weighted by Gasteiger charge is -2.37. The number of nitrogens with one attached hydrogen (secondary N) is 1. The Morgan fingerprint density at radius 2 is 2.25 bits per heavy atom. The molecule has 0 aromatic heterocycles. The van der Waals surface area contributed by atoms with Crippen LogP contribution in [-0.2, 0) is 0 Å². The fourth-order valence-electron chi connectivity index (χ4n) is 2.67. The molecule has 3 atom stereocenters. The molecule has 0 aliphatic heterocycles. The second-order valence-electron chi connectivity index (χ2n) is 5.39. The van der Waals surface area contributed by atoms with Crippen LogP contribution in [0.1, 0.15) is 39.5 Å². The highest BCUT2D eigenvalue weighted by molar-refractivity contribution is 4.81. The molecular formula is C14H28N2. The van der Waals surface area contributed by atoms with Gasteiger partial charge in [0, 0.05) is 25.2 Å². The Kier molecular flexibility index (Phi) is 6.07. The van der Waals surface area contributed by atoms with Crippen LogP contribution < -0.4 is 5.32 Å². The molecule has 1 saturated carbocycles. The lowest BCUT2D eigenvalue weighted by molar-refractivity contribution is 0.125. The molecule has 1 N–H and O–H groups in total. The number of hydrogen-bond acceptors (Lipinski definition) is 2. The monoisotopic (exact) mass is 224 g/mol. The minimum absolute atomic E-state index is 0.621. The summed E-state index contributed by atoms with van der Waals surface area (Å²) in [6.45, 7) is 10.4. The normalized spacial score (nSPS) is 28.0. The quantitative estimate of drug-likeness (QED) is 0.551. The molecule has 0 heterocycles. The smallest absolute Gasteiger partial charge is 0.0192 e. The summed E-state index contributed by atoms with van der Waals surface area (Å²) in [6, 6.07) is 1.42. The summed E-state index contributed by atoms with van der Waals surface area (Å²) in [4.78, 5) is 2.56. The molecular weight excluding hydrogens is 196 g/mol. The fourth-order valence-corrected chi connectivity index (χ4v) is 2.67. The number of rotatable bonds is 6. The molecule has 1 aliphatic rings.